The summed E-state index contributed by atoms with van der Waals surface area (Å²) in [6, 6.07) is 9.59. The van der Waals surface area contributed by atoms with Gasteiger partial charge < -0.3 is 11.1 Å². The number of carbonyl (C=O) groups excluding carboxylic acids is 1. The van der Waals surface area contributed by atoms with E-state index in [9.17, 15) is 4.79 Å². The molecule has 0 bridgehead atoms. The number of hydrogen-bond acceptors (Lipinski definition) is 2. The second-order valence-corrected chi connectivity index (χ2v) is 5.26. The van der Waals surface area contributed by atoms with Crippen molar-refractivity contribution < 1.29 is 4.79 Å². The quantitative estimate of drug-likeness (QED) is 0.838. The number of nitrogens with two attached hydrogens (primary N) is 1. The number of benzene rings is 1. The van der Waals surface area contributed by atoms with E-state index in [1.165, 1.54) is 6.42 Å². The molecular formula is C15H22N2O. The highest BCUT2D eigenvalue weighted by atomic mass is 16.1. The second kappa shape index (κ2) is 5.53. The first-order chi connectivity index (χ1) is 8.65. The first-order valence-corrected chi connectivity index (χ1v) is 6.77. The van der Waals surface area contributed by atoms with Crippen LogP contribution in [0, 0.1) is 0 Å². The largest absolute Gasteiger partial charge is 0.351 e. The van der Waals surface area contributed by atoms with Gasteiger partial charge in [-0.2, -0.15) is 0 Å². The minimum atomic E-state index is -0.208. The highest BCUT2D eigenvalue weighted by Crippen LogP contribution is 2.34. The van der Waals surface area contributed by atoms with Gasteiger partial charge in [0.1, 0.15) is 0 Å². The molecule has 3 nitrogen and oxygen atoms in total. The molecule has 1 unspecified atom stereocenters. The lowest BCUT2D eigenvalue weighted by Gasteiger charge is -2.42. The molecule has 1 aromatic carbocycles. The van der Waals surface area contributed by atoms with E-state index in [2.05, 4.69) is 12.2 Å². The second-order valence-electron chi connectivity index (χ2n) is 5.26. The topological polar surface area (TPSA) is 55.1 Å². The fraction of sp³-hybridized carbons (Fsp3) is 0.533. The summed E-state index contributed by atoms with van der Waals surface area (Å²) in [6.07, 6.45) is 4.82. The maximum absolute atomic E-state index is 12.0. The summed E-state index contributed by atoms with van der Waals surface area (Å²) >= 11 is 0. The molecule has 0 saturated heterocycles. The fourth-order valence-electron chi connectivity index (χ4n) is 2.54. The zero-order valence-corrected chi connectivity index (χ0v) is 11.0. The standard InChI is InChI=1S/C15H22N2O/c1-2-15(9-6-10-15)17-14(18)11-13(16)12-7-4-3-5-8-12/h3-5,7-8,13H,2,6,9-11,16H2,1H3,(H,17,18). The van der Waals surface area contributed by atoms with Crippen molar-refractivity contribution in [3.63, 3.8) is 0 Å². The summed E-state index contributed by atoms with van der Waals surface area (Å²) in [6.45, 7) is 2.14. The summed E-state index contributed by atoms with van der Waals surface area (Å²) in [7, 11) is 0. The third kappa shape index (κ3) is 2.91. The van der Waals surface area contributed by atoms with Gasteiger partial charge in [-0.25, -0.2) is 0 Å². The molecule has 0 aromatic heterocycles. The molecule has 1 atom stereocenters. The lowest BCUT2D eigenvalue weighted by Crippen LogP contribution is -2.53. The van der Waals surface area contributed by atoms with Gasteiger partial charge in [-0.3, -0.25) is 4.79 Å². The number of rotatable bonds is 5. The van der Waals surface area contributed by atoms with Crippen LogP contribution in [0.5, 0.6) is 0 Å². The Hall–Kier alpha value is -1.35. The van der Waals surface area contributed by atoms with Crippen LogP contribution in [-0.2, 0) is 4.79 Å². The van der Waals surface area contributed by atoms with Crippen LogP contribution in [0.2, 0.25) is 0 Å². The van der Waals surface area contributed by atoms with Crippen molar-refractivity contribution in [1.29, 1.82) is 0 Å². The Morgan fingerprint density at radius 3 is 2.56 bits per heavy atom. The van der Waals surface area contributed by atoms with Gasteiger partial charge >= 0.3 is 0 Å². The van der Waals surface area contributed by atoms with E-state index in [4.69, 9.17) is 5.73 Å². The number of amides is 1. The summed E-state index contributed by atoms with van der Waals surface area (Å²) < 4.78 is 0. The first-order valence-electron chi connectivity index (χ1n) is 6.77. The van der Waals surface area contributed by atoms with Gasteiger partial charge in [-0.15, -0.1) is 0 Å². The van der Waals surface area contributed by atoms with Crippen molar-refractivity contribution in [1.82, 2.24) is 5.32 Å². The molecule has 1 fully saturated rings. The van der Waals surface area contributed by atoms with Gasteiger partial charge in [0.05, 0.1) is 0 Å². The molecule has 0 aliphatic heterocycles. The molecule has 18 heavy (non-hydrogen) atoms. The van der Waals surface area contributed by atoms with Crippen molar-refractivity contribution in [3.8, 4) is 0 Å². The lowest BCUT2D eigenvalue weighted by atomic mass is 9.74. The zero-order valence-electron chi connectivity index (χ0n) is 11.0. The maximum Gasteiger partial charge on any atom is 0.222 e. The van der Waals surface area contributed by atoms with E-state index in [1.54, 1.807) is 0 Å². The van der Waals surface area contributed by atoms with E-state index in [0.717, 1.165) is 24.8 Å². The molecule has 1 aromatic rings. The van der Waals surface area contributed by atoms with E-state index in [-0.39, 0.29) is 17.5 Å². The van der Waals surface area contributed by atoms with Crippen LogP contribution in [0.4, 0.5) is 0 Å². The van der Waals surface area contributed by atoms with Gasteiger partial charge in [0.25, 0.3) is 0 Å². The van der Waals surface area contributed by atoms with Crippen molar-refractivity contribution >= 4 is 5.91 Å². The molecule has 3 N–H and O–H groups in total. The van der Waals surface area contributed by atoms with Crippen LogP contribution in [0.1, 0.15) is 50.6 Å². The van der Waals surface area contributed by atoms with Crippen molar-refractivity contribution in [2.45, 2.75) is 50.6 Å². The third-order valence-corrected chi connectivity index (χ3v) is 4.03. The summed E-state index contributed by atoms with van der Waals surface area (Å²) in [5.74, 6) is 0.0768. The normalized spacial score (nSPS) is 18.8. The smallest absolute Gasteiger partial charge is 0.222 e. The molecule has 1 amide bonds. The monoisotopic (exact) mass is 246 g/mol. The summed E-state index contributed by atoms with van der Waals surface area (Å²) in [4.78, 5) is 12.0. The van der Waals surface area contributed by atoms with E-state index < -0.39 is 0 Å². The maximum atomic E-state index is 12.0. The highest BCUT2D eigenvalue weighted by molar-refractivity contribution is 5.77. The minimum absolute atomic E-state index is 0.0630. The van der Waals surface area contributed by atoms with Gasteiger partial charge in [0.2, 0.25) is 5.91 Å². The van der Waals surface area contributed by atoms with Gasteiger partial charge in [-0.1, -0.05) is 37.3 Å². The molecule has 1 saturated carbocycles. The average molecular weight is 246 g/mol. The SMILES string of the molecule is CCC1(NC(=O)CC(N)c2ccccc2)CCC1. The van der Waals surface area contributed by atoms with Gasteiger partial charge in [0, 0.05) is 18.0 Å². The predicted molar refractivity (Wildman–Crippen MR) is 73.0 cm³/mol. The fourth-order valence-corrected chi connectivity index (χ4v) is 2.54. The zero-order chi connectivity index (χ0) is 13.0. The summed E-state index contributed by atoms with van der Waals surface area (Å²) in [5, 5.41) is 3.16. The molecule has 0 spiro atoms. The van der Waals surface area contributed by atoms with Crippen LogP contribution in [0.15, 0.2) is 30.3 Å². The minimum Gasteiger partial charge on any atom is -0.351 e. The highest BCUT2D eigenvalue weighted by Gasteiger charge is 2.36. The Labute approximate surface area is 109 Å². The molecule has 1 aliphatic carbocycles. The number of hydrogen-bond donors (Lipinski definition) is 2. The van der Waals surface area contributed by atoms with Crippen LogP contribution in [0.3, 0.4) is 0 Å². The average Bonchev–Trinajstić information content (AvgIpc) is 2.35. The van der Waals surface area contributed by atoms with E-state index >= 15 is 0 Å². The molecule has 0 heterocycles. The third-order valence-electron chi connectivity index (χ3n) is 4.03. The number of carbonyl (C=O) groups is 1. The lowest BCUT2D eigenvalue weighted by molar-refractivity contribution is -0.124. The van der Waals surface area contributed by atoms with Crippen molar-refractivity contribution in [3.05, 3.63) is 35.9 Å². The molecule has 3 heteroatoms. The van der Waals surface area contributed by atoms with Gasteiger partial charge in [0.15, 0.2) is 0 Å². The van der Waals surface area contributed by atoms with Crippen molar-refractivity contribution in [2.24, 2.45) is 5.73 Å². The molecular weight excluding hydrogens is 224 g/mol. The Morgan fingerprint density at radius 2 is 2.06 bits per heavy atom. The van der Waals surface area contributed by atoms with Crippen LogP contribution in [-0.4, -0.2) is 11.4 Å². The Kier molecular flexibility index (Phi) is 4.02. The molecule has 2 rings (SSSR count). The van der Waals surface area contributed by atoms with Gasteiger partial charge in [-0.05, 0) is 31.2 Å². The van der Waals surface area contributed by atoms with Crippen LogP contribution in [0.25, 0.3) is 0 Å². The number of nitrogens with one attached hydrogen (secondary N) is 1. The Balaban J connectivity index is 1.88. The Bertz CT molecular complexity index is 393. The van der Waals surface area contributed by atoms with Crippen molar-refractivity contribution in [2.75, 3.05) is 0 Å². The predicted octanol–water partition coefficient (Wildman–Crippen LogP) is 2.53. The molecule has 0 radical (unpaired) electrons. The van der Waals surface area contributed by atoms with E-state index in [0.29, 0.717) is 6.42 Å². The summed E-state index contributed by atoms with van der Waals surface area (Å²) in [5.41, 5.74) is 7.14. The molecule has 1 aliphatic rings. The molecule has 98 valence electrons. The van der Waals surface area contributed by atoms with Crippen LogP contribution >= 0.6 is 0 Å². The van der Waals surface area contributed by atoms with E-state index in [1.807, 2.05) is 30.3 Å². The first kappa shape index (κ1) is 13.1. The van der Waals surface area contributed by atoms with Crippen LogP contribution < -0.4 is 11.1 Å². The Morgan fingerprint density at radius 1 is 1.39 bits per heavy atom.